The van der Waals surface area contributed by atoms with E-state index < -0.39 is 0 Å². The molecule has 1 aliphatic rings. The van der Waals surface area contributed by atoms with Gasteiger partial charge in [-0.15, -0.1) is 11.3 Å². The minimum absolute atomic E-state index is 0.0546. The van der Waals surface area contributed by atoms with Crippen LogP contribution in [0, 0.1) is 5.41 Å². The first kappa shape index (κ1) is 12.4. The van der Waals surface area contributed by atoms with Crippen molar-refractivity contribution in [3.63, 3.8) is 0 Å². The Morgan fingerprint density at radius 3 is 2.68 bits per heavy atom. The van der Waals surface area contributed by atoms with Crippen molar-refractivity contribution in [3.8, 4) is 10.4 Å². The standard InChI is InChI=1S/C15H16N2OS/c16-10-15(7-8-15)14(18)17-12-5-2-1-4-11(12)13-6-3-9-19-13/h1-6,9H,7-8,10,16H2,(H,17,18). The van der Waals surface area contributed by atoms with E-state index in [9.17, 15) is 4.79 Å². The molecule has 4 heteroatoms. The Hall–Kier alpha value is -1.65. The Balaban J connectivity index is 1.88. The largest absolute Gasteiger partial charge is 0.329 e. The van der Waals surface area contributed by atoms with Crippen LogP contribution in [0.1, 0.15) is 12.8 Å². The zero-order chi connectivity index (χ0) is 13.3. The van der Waals surface area contributed by atoms with Crippen LogP contribution in [-0.2, 0) is 4.79 Å². The summed E-state index contributed by atoms with van der Waals surface area (Å²) in [5.41, 5.74) is 7.32. The Kier molecular flexibility index (Phi) is 3.12. The van der Waals surface area contributed by atoms with Gasteiger partial charge in [-0.3, -0.25) is 4.79 Å². The van der Waals surface area contributed by atoms with Crippen LogP contribution in [-0.4, -0.2) is 12.5 Å². The highest BCUT2D eigenvalue weighted by molar-refractivity contribution is 7.13. The number of benzene rings is 1. The molecule has 1 aliphatic carbocycles. The second kappa shape index (κ2) is 4.79. The fourth-order valence-electron chi connectivity index (χ4n) is 2.17. The van der Waals surface area contributed by atoms with Crippen LogP contribution >= 0.6 is 11.3 Å². The molecule has 1 aromatic heterocycles. The van der Waals surface area contributed by atoms with Crippen LogP contribution < -0.4 is 11.1 Å². The molecule has 1 fully saturated rings. The second-order valence-corrected chi connectivity index (χ2v) is 5.91. The molecule has 19 heavy (non-hydrogen) atoms. The van der Waals surface area contributed by atoms with Gasteiger partial charge in [-0.1, -0.05) is 24.3 Å². The summed E-state index contributed by atoms with van der Waals surface area (Å²) in [6.45, 7) is 0.431. The predicted octanol–water partition coefficient (Wildman–Crippen LogP) is 3.09. The zero-order valence-electron chi connectivity index (χ0n) is 10.6. The third kappa shape index (κ3) is 2.29. The summed E-state index contributed by atoms with van der Waals surface area (Å²) in [4.78, 5) is 13.4. The molecular formula is C15H16N2OS. The van der Waals surface area contributed by atoms with Gasteiger partial charge in [-0.2, -0.15) is 0 Å². The maximum atomic E-state index is 12.3. The molecule has 0 atom stereocenters. The fourth-order valence-corrected chi connectivity index (χ4v) is 2.93. The molecular weight excluding hydrogens is 256 g/mol. The molecule has 1 amide bonds. The van der Waals surface area contributed by atoms with Gasteiger partial charge in [0, 0.05) is 22.7 Å². The van der Waals surface area contributed by atoms with Crippen molar-refractivity contribution in [3.05, 3.63) is 41.8 Å². The fraction of sp³-hybridized carbons (Fsp3) is 0.267. The lowest BCUT2D eigenvalue weighted by molar-refractivity contribution is -0.120. The highest BCUT2D eigenvalue weighted by atomic mass is 32.1. The Bertz CT molecular complexity index is 588. The molecule has 0 saturated heterocycles. The van der Waals surface area contributed by atoms with Crippen LogP contribution in [0.3, 0.4) is 0 Å². The molecule has 98 valence electrons. The van der Waals surface area contributed by atoms with E-state index in [4.69, 9.17) is 5.73 Å². The smallest absolute Gasteiger partial charge is 0.231 e. The molecule has 3 N–H and O–H groups in total. The van der Waals surface area contributed by atoms with E-state index in [1.54, 1.807) is 11.3 Å². The quantitative estimate of drug-likeness (QED) is 0.898. The molecule has 2 aromatic rings. The highest BCUT2D eigenvalue weighted by Crippen LogP contribution is 2.45. The number of thiophene rings is 1. The first-order valence-electron chi connectivity index (χ1n) is 6.40. The number of para-hydroxylation sites is 1. The van der Waals surface area contributed by atoms with E-state index in [-0.39, 0.29) is 11.3 Å². The number of hydrogen-bond donors (Lipinski definition) is 2. The van der Waals surface area contributed by atoms with Gasteiger partial charge in [0.05, 0.1) is 5.41 Å². The molecule has 0 unspecified atom stereocenters. The van der Waals surface area contributed by atoms with Crippen molar-refractivity contribution in [2.75, 3.05) is 11.9 Å². The number of anilines is 1. The summed E-state index contributed by atoms with van der Waals surface area (Å²) in [6.07, 6.45) is 1.80. The van der Waals surface area contributed by atoms with Crippen molar-refractivity contribution in [2.24, 2.45) is 11.1 Å². The first-order chi connectivity index (χ1) is 9.25. The van der Waals surface area contributed by atoms with Crippen LogP contribution in [0.2, 0.25) is 0 Å². The Labute approximate surface area is 116 Å². The minimum Gasteiger partial charge on any atom is -0.329 e. The van der Waals surface area contributed by atoms with Gasteiger partial charge in [0.25, 0.3) is 0 Å². The first-order valence-corrected chi connectivity index (χ1v) is 7.28. The minimum atomic E-state index is -0.317. The Morgan fingerprint density at radius 2 is 2.05 bits per heavy atom. The lowest BCUT2D eigenvalue weighted by Gasteiger charge is -2.15. The third-order valence-corrected chi connectivity index (χ3v) is 4.59. The van der Waals surface area contributed by atoms with Crippen molar-refractivity contribution in [1.29, 1.82) is 0 Å². The van der Waals surface area contributed by atoms with E-state index in [1.165, 1.54) is 0 Å². The number of hydrogen-bond acceptors (Lipinski definition) is 3. The number of amides is 1. The molecule has 1 heterocycles. The summed E-state index contributed by atoms with van der Waals surface area (Å²) in [7, 11) is 0. The molecule has 3 nitrogen and oxygen atoms in total. The normalized spacial score (nSPS) is 16.1. The van der Waals surface area contributed by atoms with Crippen LogP contribution in [0.25, 0.3) is 10.4 Å². The predicted molar refractivity (Wildman–Crippen MR) is 79.1 cm³/mol. The molecule has 0 aliphatic heterocycles. The number of rotatable bonds is 4. The van der Waals surface area contributed by atoms with Gasteiger partial charge in [-0.25, -0.2) is 0 Å². The van der Waals surface area contributed by atoms with E-state index in [0.717, 1.165) is 29.0 Å². The van der Waals surface area contributed by atoms with Gasteiger partial charge in [0.1, 0.15) is 0 Å². The van der Waals surface area contributed by atoms with Gasteiger partial charge in [0.15, 0.2) is 0 Å². The van der Waals surface area contributed by atoms with Crippen molar-refractivity contribution < 1.29 is 4.79 Å². The summed E-state index contributed by atoms with van der Waals surface area (Å²) in [5, 5.41) is 5.08. The van der Waals surface area contributed by atoms with Gasteiger partial charge in [-0.05, 0) is 30.4 Å². The second-order valence-electron chi connectivity index (χ2n) is 4.96. The monoisotopic (exact) mass is 272 g/mol. The van der Waals surface area contributed by atoms with E-state index in [2.05, 4.69) is 11.4 Å². The zero-order valence-corrected chi connectivity index (χ0v) is 11.4. The highest BCUT2D eigenvalue weighted by Gasteiger charge is 2.48. The van der Waals surface area contributed by atoms with Crippen LogP contribution in [0.4, 0.5) is 5.69 Å². The maximum Gasteiger partial charge on any atom is 0.231 e. The van der Waals surface area contributed by atoms with Gasteiger partial charge >= 0.3 is 0 Å². The van der Waals surface area contributed by atoms with E-state index in [0.29, 0.717) is 6.54 Å². The molecule has 1 saturated carbocycles. The molecule has 0 radical (unpaired) electrons. The lowest BCUT2D eigenvalue weighted by Crippen LogP contribution is -2.30. The van der Waals surface area contributed by atoms with Crippen molar-refractivity contribution >= 4 is 22.9 Å². The number of nitrogens with one attached hydrogen (secondary N) is 1. The SMILES string of the molecule is NCC1(C(=O)Nc2ccccc2-c2cccs2)CC1. The van der Waals surface area contributed by atoms with Crippen molar-refractivity contribution in [1.82, 2.24) is 0 Å². The topological polar surface area (TPSA) is 55.1 Å². The van der Waals surface area contributed by atoms with E-state index >= 15 is 0 Å². The summed E-state index contributed by atoms with van der Waals surface area (Å²) in [6, 6.07) is 12.0. The van der Waals surface area contributed by atoms with Crippen LogP contribution in [0.15, 0.2) is 41.8 Å². The van der Waals surface area contributed by atoms with E-state index in [1.807, 2.05) is 35.7 Å². The van der Waals surface area contributed by atoms with Gasteiger partial charge in [0.2, 0.25) is 5.91 Å². The molecule has 3 rings (SSSR count). The molecule has 1 aromatic carbocycles. The van der Waals surface area contributed by atoms with Gasteiger partial charge < -0.3 is 11.1 Å². The number of nitrogens with two attached hydrogens (primary N) is 1. The summed E-state index contributed by atoms with van der Waals surface area (Å²) >= 11 is 1.67. The summed E-state index contributed by atoms with van der Waals surface area (Å²) in [5.74, 6) is 0.0546. The number of carbonyl (C=O) groups excluding carboxylic acids is 1. The van der Waals surface area contributed by atoms with Crippen molar-refractivity contribution in [2.45, 2.75) is 12.8 Å². The average Bonchev–Trinajstić information content (AvgIpc) is 3.06. The number of carbonyl (C=O) groups is 1. The summed E-state index contributed by atoms with van der Waals surface area (Å²) < 4.78 is 0. The maximum absolute atomic E-state index is 12.3. The Morgan fingerprint density at radius 1 is 1.26 bits per heavy atom. The average molecular weight is 272 g/mol. The third-order valence-electron chi connectivity index (χ3n) is 3.69. The molecule has 0 spiro atoms. The van der Waals surface area contributed by atoms with Crippen LogP contribution in [0.5, 0.6) is 0 Å². The lowest BCUT2D eigenvalue weighted by atomic mass is 10.1. The molecule has 0 bridgehead atoms.